The van der Waals surface area contributed by atoms with Gasteiger partial charge in [-0.05, 0) is 98.0 Å². The van der Waals surface area contributed by atoms with E-state index in [1.807, 2.05) is 32.2 Å². The van der Waals surface area contributed by atoms with E-state index < -0.39 is 5.54 Å². The van der Waals surface area contributed by atoms with Crippen LogP contribution in [0.25, 0.3) is 16.7 Å². The van der Waals surface area contributed by atoms with Crippen LogP contribution < -0.4 is 5.32 Å². The highest BCUT2D eigenvalue weighted by Crippen LogP contribution is 2.46. The van der Waals surface area contributed by atoms with Crippen LogP contribution in [0, 0.1) is 19.7 Å². The lowest BCUT2D eigenvalue weighted by molar-refractivity contribution is -0.116. The van der Waals surface area contributed by atoms with Crippen molar-refractivity contribution in [2.45, 2.75) is 51.2 Å². The molecule has 4 nitrogen and oxygen atoms in total. The number of ether oxygens (including phenoxy) is 2. The highest BCUT2D eigenvalue weighted by Gasteiger charge is 2.50. The van der Waals surface area contributed by atoms with Gasteiger partial charge in [-0.3, -0.25) is 4.79 Å². The number of hydrogen-bond donors (Lipinski definition) is 1. The number of carbonyl (C=O) groups is 1. The quantitative estimate of drug-likeness (QED) is 0.543. The lowest BCUT2D eigenvalue weighted by Gasteiger charge is -2.38. The van der Waals surface area contributed by atoms with Gasteiger partial charge in [0.1, 0.15) is 11.6 Å². The minimum atomic E-state index is -0.591. The van der Waals surface area contributed by atoms with E-state index in [9.17, 15) is 9.18 Å². The van der Waals surface area contributed by atoms with E-state index in [2.05, 4.69) is 5.32 Å². The molecule has 1 fully saturated rings. The van der Waals surface area contributed by atoms with Gasteiger partial charge in [0, 0.05) is 7.11 Å². The fraction of sp³-hybridized carbons (Fsp3) is 0.385. The largest absolute Gasteiger partial charge is 0.441 e. The summed E-state index contributed by atoms with van der Waals surface area (Å²) in [7, 11) is 1.73. The van der Waals surface area contributed by atoms with Crippen LogP contribution in [0.1, 0.15) is 42.4 Å². The molecular weight excluding hydrogens is 457 g/mol. The Morgan fingerprint density at radius 2 is 1.82 bits per heavy atom. The zero-order valence-electron chi connectivity index (χ0n) is 19.3. The Hall–Kier alpha value is -2.22. The molecule has 0 radical (unpaired) electrons. The number of thioether (sulfide) groups is 1. The molecule has 174 valence electrons. The van der Waals surface area contributed by atoms with Crippen molar-refractivity contribution in [2.24, 2.45) is 0 Å². The minimum absolute atomic E-state index is 0.146. The third kappa shape index (κ3) is 4.46. The average Bonchev–Trinajstić information content (AvgIpc) is 3.06. The lowest BCUT2D eigenvalue weighted by atomic mass is 9.78. The summed E-state index contributed by atoms with van der Waals surface area (Å²) in [6.07, 6.45) is 5.15. The number of carbonyl (C=O) groups excluding carboxylic acids is 1. The second-order valence-corrected chi connectivity index (χ2v) is 10.1. The molecule has 7 heteroatoms. The first kappa shape index (κ1) is 23.9. The van der Waals surface area contributed by atoms with Crippen LogP contribution in [-0.2, 0) is 14.3 Å². The van der Waals surface area contributed by atoms with E-state index in [4.69, 9.17) is 21.7 Å². The molecule has 2 aromatic carbocycles. The second-order valence-electron chi connectivity index (χ2n) is 8.67. The molecule has 1 saturated carbocycles. The van der Waals surface area contributed by atoms with Crippen LogP contribution in [0.2, 0.25) is 0 Å². The van der Waals surface area contributed by atoms with Crippen molar-refractivity contribution in [3.8, 4) is 11.1 Å². The van der Waals surface area contributed by atoms with Crippen molar-refractivity contribution < 1.29 is 18.7 Å². The van der Waals surface area contributed by atoms with Gasteiger partial charge in [0.15, 0.2) is 0 Å². The number of aryl methyl sites for hydroxylation is 1. The Kier molecular flexibility index (Phi) is 6.93. The fourth-order valence-corrected chi connectivity index (χ4v) is 5.28. The number of amides is 1. The molecule has 0 aromatic heterocycles. The predicted octanol–water partition coefficient (Wildman–Crippen LogP) is 5.94. The highest BCUT2D eigenvalue weighted by molar-refractivity contribution is 8.22. The molecule has 2 aliphatic rings. The number of nitrogens with one attached hydrogen (secondary N) is 1. The Bertz CT molecular complexity index is 1120. The molecular formula is C26H28FNO3S2. The Morgan fingerprint density at radius 3 is 2.42 bits per heavy atom. The highest BCUT2D eigenvalue weighted by atomic mass is 32.2. The number of thiocarbonyl (C=S) groups is 1. The smallest absolute Gasteiger partial charge is 0.256 e. The van der Waals surface area contributed by atoms with Crippen molar-refractivity contribution >= 4 is 39.8 Å². The molecule has 1 aliphatic carbocycles. The molecule has 1 spiro atoms. The van der Waals surface area contributed by atoms with Gasteiger partial charge >= 0.3 is 0 Å². The zero-order valence-corrected chi connectivity index (χ0v) is 20.9. The fourth-order valence-electron chi connectivity index (χ4n) is 5.03. The van der Waals surface area contributed by atoms with Crippen LogP contribution >= 0.6 is 24.0 Å². The van der Waals surface area contributed by atoms with Crippen molar-refractivity contribution in [1.82, 2.24) is 5.32 Å². The van der Waals surface area contributed by atoms with Gasteiger partial charge in [-0.2, -0.15) is 0 Å². The summed E-state index contributed by atoms with van der Waals surface area (Å²) >= 11 is 6.77. The van der Waals surface area contributed by atoms with E-state index in [0.29, 0.717) is 15.7 Å². The number of rotatable bonds is 4. The third-order valence-corrected chi connectivity index (χ3v) is 7.79. The van der Waals surface area contributed by atoms with E-state index in [1.54, 1.807) is 19.2 Å². The topological polar surface area (TPSA) is 47.6 Å². The Morgan fingerprint density at radius 1 is 1.15 bits per heavy atom. The molecule has 0 bridgehead atoms. The van der Waals surface area contributed by atoms with E-state index in [0.717, 1.165) is 53.5 Å². The molecule has 1 amide bonds. The van der Waals surface area contributed by atoms with Crippen LogP contribution in [0.4, 0.5) is 4.39 Å². The summed E-state index contributed by atoms with van der Waals surface area (Å²) in [5.41, 5.74) is 4.57. The van der Waals surface area contributed by atoms with Gasteiger partial charge < -0.3 is 14.8 Å². The van der Waals surface area contributed by atoms with Crippen LogP contribution in [0.5, 0.6) is 0 Å². The molecule has 0 unspecified atom stereocenters. The molecule has 0 saturated heterocycles. The molecule has 1 heterocycles. The molecule has 0 atom stereocenters. The standard InChI is InChI=1S/C26H28FNO3S2/c1-15-5-10-20(17-6-8-18(27)9-7-17)16(2)21(15)22-23(31-25(32)33-4)26(28-24(22)29)13-11-19(30-3)12-14-26/h5-10,19H,11-14H2,1-4H3,(H,28,29)/t19-,26+. The van der Waals surface area contributed by atoms with E-state index >= 15 is 0 Å². The first-order valence-corrected chi connectivity index (χ1v) is 12.7. The zero-order chi connectivity index (χ0) is 23.8. The van der Waals surface area contributed by atoms with Crippen molar-refractivity contribution in [3.63, 3.8) is 0 Å². The van der Waals surface area contributed by atoms with Gasteiger partial charge in [-0.25, -0.2) is 4.39 Å². The number of benzene rings is 2. The summed E-state index contributed by atoms with van der Waals surface area (Å²) in [6.45, 7) is 3.99. The summed E-state index contributed by atoms with van der Waals surface area (Å²) in [6, 6.07) is 10.4. The number of methoxy groups -OCH3 is 1. The SMILES string of the molecule is CO[C@H]1CC[C@]2(CC1)NC(=O)C(c1c(C)ccc(-c3ccc(F)cc3)c1C)=C2OC(=S)SC. The number of halogens is 1. The first-order valence-electron chi connectivity index (χ1n) is 11.0. The molecule has 33 heavy (non-hydrogen) atoms. The minimum Gasteiger partial charge on any atom is -0.441 e. The summed E-state index contributed by atoms with van der Waals surface area (Å²) < 4.78 is 25.7. The Balaban J connectivity index is 1.88. The average molecular weight is 486 g/mol. The molecule has 1 aliphatic heterocycles. The van der Waals surface area contributed by atoms with Gasteiger partial charge in [0.05, 0.1) is 17.2 Å². The number of hydrogen-bond acceptors (Lipinski definition) is 5. The van der Waals surface area contributed by atoms with Crippen molar-refractivity contribution in [2.75, 3.05) is 13.4 Å². The lowest BCUT2D eigenvalue weighted by Crippen LogP contribution is -2.49. The Labute approximate surface area is 203 Å². The maximum absolute atomic E-state index is 13.5. The van der Waals surface area contributed by atoms with Crippen LogP contribution in [0.15, 0.2) is 42.2 Å². The first-order chi connectivity index (χ1) is 15.8. The molecule has 1 N–H and O–H groups in total. The molecule has 2 aromatic rings. The van der Waals surface area contributed by atoms with Gasteiger partial charge in [0.2, 0.25) is 4.38 Å². The van der Waals surface area contributed by atoms with Crippen molar-refractivity contribution in [1.29, 1.82) is 0 Å². The normalized spacial score (nSPS) is 22.6. The van der Waals surface area contributed by atoms with Gasteiger partial charge in [0.25, 0.3) is 5.91 Å². The monoisotopic (exact) mass is 485 g/mol. The van der Waals surface area contributed by atoms with E-state index in [1.165, 1.54) is 23.9 Å². The van der Waals surface area contributed by atoms with Crippen molar-refractivity contribution in [3.05, 3.63) is 64.7 Å². The maximum Gasteiger partial charge on any atom is 0.256 e. The third-order valence-electron chi connectivity index (χ3n) is 6.79. The summed E-state index contributed by atoms with van der Waals surface area (Å²) in [5.74, 6) is 0.188. The summed E-state index contributed by atoms with van der Waals surface area (Å²) in [5, 5.41) is 3.25. The van der Waals surface area contributed by atoms with Crippen LogP contribution in [0.3, 0.4) is 0 Å². The van der Waals surface area contributed by atoms with Crippen LogP contribution in [-0.4, -0.2) is 35.3 Å². The van der Waals surface area contributed by atoms with E-state index in [-0.39, 0.29) is 17.8 Å². The second kappa shape index (κ2) is 9.57. The van der Waals surface area contributed by atoms with Gasteiger partial charge in [-0.1, -0.05) is 36.0 Å². The summed E-state index contributed by atoms with van der Waals surface area (Å²) in [4.78, 5) is 13.5. The predicted molar refractivity (Wildman–Crippen MR) is 136 cm³/mol. The van der Waals surface area contributed by atoms with Gasteiger partial charge in [-0.15, -0.1) is 0 Å². The maximum atomic E-state index is 13.5. The molecule has 4 rings (SSSR count).